The van der Waals surface area contributed by atoms with Gasteiger partial charge in [-0.15, -0.1) is 0 Å². The normalized spacial score (nSPS) is 12.3. The molecule has 0 aromatic rings. The topological polar surface area (TPSA) is 88.0 Å². The van der Waals surface area contributed by atoms with E-state index in [0.717, 1.165) is 25.7 Å². The van der Waals surface area contributed by atoms with Gasteiger partial charge in [0.1, 0.15) is 0 Å². The van der Waals surface area contributed by atoms with Gasteiger partial charge in [0.25, 0.3) is 0 Å². The Morgan fingerprint density at radius 1 is 1.12 bits per heavy atom. The third-order valence-corrected chi connectivity index (χ3v) is 2.66. The molecule has 0 fully saturated rings. The van der Waals surface area contributed by atoms with Crippen molar-refractivity contribution in [2.24, 2.45) is 0 Å². The van der Waals surface area contributed by atoms with Crippen molar-refractivity contribution in [1.29, 1.82) is 0 Å². The van der Waals surface area contributed by atoms with Crippen molar-refractivity contribution in [2.45, 2.75) is 45.8 Å². The maximum Gasteiger partial charge on any atom is 0.400 e. The minimum atomic E-state index is -4.21. The molecule has 7 heteroatoms. The number of nitrogens with one attached hydrogen (secondary N) is 1. The van der Waals surface area contributed by atoms with E-state index in [1.54, 1.807) is 0 Å². The Morgan fingerprint density at radius 2 is 1.59 bits per heavy atom. The van der Waals surface area contributed by atoms with Crippen LogP contribution in [0, 0.1) is 0 Å². The minimum absolute atomic E-state index is 0.00228. The summed E-state index contributed by atoms with van der Waals surface area (Å²) in [6.07, 6.45) is 3.23. The van der Waals surface area contributed by atoms with Gasteiger partial charge in [-0.05, 0) is 12.8 Å². The summed E-state index contributed by atoms with van der Waals surface area (Å²) in [6.45, 7) is 5.17. The van der Waals surface area contributed by atoms with Crippen LogP contribution in [0.2, 0.25) is 0 Å². The molecule has 0 amide bonds. The predicted octanol–water partition coefficient (Wildman–Crippen LogP) is 1.63. The molecule has 17 heavy (non-hydrogen) atoms. The lowest BCUT2D eigenvalue weighted by molar-refractivity contribution is -0.138. The van der Waals surface area contributed by atoms with Crippen molar-refractivity contribution >= 4 is 7.75 Å². The molecule has 6 nitrogen and oxygen atoms in total. The zero-order valence-corrected chi connectivity index (χ0v) is 11.5. The van der Waals surface area contributed by atoms with E-state index in [-0.39, 0.29) is 6.54 Å². The molecule has 3 N–H and O–H groups in total. The Bertz CT molecular complexity index is 211. The molecule has 104 valence electrons. The summed E-state index contributed by atoms with van der Waals surface area (Å²) in [7, 11) is -4.21. The first kappa shape index (κ1) is 17.0. The van der Waals surface area contributed by atoms with Gasteiger partial charge >= 0.3 is 7.75 Å². The van der Waals surface area contributed by atoms with Crippen LogP contribution in [0.4, 0.5) is 0 Å². The van der Waals surface area contributed by atoms with E-state index < -0.39 is 14.0 Å². The molecule has 0 radical (unpaired) electrons. The Balaban J connectivity index is 3.87. The summed E-state index contributed by atoms with van der Waals surface area (Å²) in [5.41, 5.74) is 0. The Labute approximate surface area is 103 Å². The first-order chi connectivity index (χ1) is 7.99. The van der Waals surface area contributed by atoms with Gasteiger partial charge in [-0.3, -0.25) is 0 Å². The van der Waals surface area contributed by atoms with Crippen molar-refractivity contribution in [3.05, 3.63) is 0 Å². The Hall–Kier alpha value is 0.0300. The minimum Gasteiger partial charge on any atom is -0.351 e. The van der Waals surface area contributed by atoms with Crippen molar-refractivity contribution in [3.8, 4) is 0 Å². The van der Waals surface area contributed by atoms with Crippen LogP contribution in [0.3, 0.4) is 0 Å². The molecule has 0 spiro atoms. The summed E-state index contributed by atoms with van der Waals surface area (Å²) in [5, 5.41) is 2.09. The molecule has 0 aliphatic heterocycles. The van der Waals surface area contributed by atoms with E-state index in [9.17, 15) is 4.57 Å². The second kappa shape index (κ2) is 10.00. The van der Waals surface area contributed by atoms with Gasteiger partial charge in [0.15, 0.2) is 6.29 Å². The summed E-state index contributed by atoms with van der Waals surface area (Å²) in [6, 6.07) is 0. The zero-order valence-electron chi connectivity index (χ0n) is 10.6. The Morgan fingerprint density at radius 3 is 1.94 bits per heavy atom. The molecule has 0 heterocycles. The average molecular weight is 269 g/mol. The van der Waals surface area contributed by atoms with Crippen molar-refractivity contribution < 1.29 is 23.8 Å². The number of hydrogen-bond acceptors (Lipinski definition) is 3. The largest absolute Gasteiger partial charge is 0.400 e. The average Bonchev–Trinajstić information content (AvgIpc) is 2.24. The highest BCUT2D eigenvalue weighted by atomic mass is 31.2. The lowest BCUT2D eigenvalue weighted by Gasteiger charge is -2.19. The van der Waals surface area contributed by atoms with Gasteiger partial charge in [-0.1, -0.05) is 26.7 Å². The monoisotopic (exact) mass is 269 g/mol. The van der Waals surface area contributed by atoms with E-state index in [1.165, 1.54) is 0 Å². The third kappa shape index (κ3) is 12.3. The summed E-state index contributed by atoms with van der Waals surface area (Å²) < 4.78 is 21.5. The quantitative estimate of drug-likeness (QED) is 0.300. The van der Waals surface area contributed by atoms with Crippen LogP contribution in [0.1, 0.15) is 39.5 Å². The first-order valence-corrected chi connectivity index (χ1v) is 7.64. The molecule has 0 bridgehead atoms. The van der Waals surface area contributed by atoms with Crippen molar-refractivity contribution in [1.82, 2.24) is 5.09 Å². The van der Waals surface area contributed by atoms with Crippen molar-refractivity contribution in [3.63, 3.8) is 0 Å². The van der Waals surface area contributed by atoms with Gasteiger partial charge in [0.2, 0.25) is 0 Å². The molecule has 0 aliphatic rings. The lowest BCUT2D eigenvalue weighted by Crippen LogP contribution is -2.30. The molecule has 0 aromatic carbocycles. The Kier molecular flexibility index (Phi) is 10.0. The number of hydrogen-bond donors (Lipinski definition) is 3. The zero-order chi connectivity index (χ0) is 13.1. The molecule has 0 atom stereocenters. The van der Waals surface area contributed by atoms with Crippen LogP contribution in [-0.4, -0.2) is 35.8 Å². The van der Waals surface area contributed by atoms with Gasteiger partial charge in [0.05, 0.1) is 6.54 Å². The highest BCUT2D eigenvalue weighted by molar-refractivity contribution is 7.49. The summed E-state index contributed by atoms with van der Waals surface area (Å²) >= 11 is 0. The molecule has 0 aromatic heterocycles. The van der Waals surface area contributed by atoms with Gasteiger partial charge in [-0.2, -0.15) is 0 Å². The summed E-state index contributed by atoms with van der Waals surface area (Å²) in [4.78, 5) is 17.4. The van der Waals surface area contributed by atoms with E-state index in [1.807, 2.05) is 13.8 Å². The first-order valence-electron chi connectivity index (χ1n) is 6.03. The highest BCUT2D eigenvalue weighted by Crippen LogP contribution is 2.27. The molecule has 0 unspecified atom stereocenters. The van der Waals surface area contributed by atoms with Crippen LogP contribution < -0.4 is 5.09 Å². The smallest absolute Gasteiger partial charge is 0.351 e. The molecule has 0 rings (SSSR count). The van der Waals surface area contributed by atoms with Crippen LogP contribution in [0.15, 0.2) is 0 Å². The standard InChI is InChI=1S/C10H24NO5P/c1-3-5-7-15-10(16-8-6-4-2)9-11-17(12,13)14/h10H,3-9H2,1-2H3,(H3,11,12,13,14). The van der Waals surface area contributed by atoms with Crippen LogP contribution in [-0.2, 0) is 14.0 Å². The SMILES string of the molecule is CCCCOC(CNP(=O)(O)O)OCCCC. The molecule has 0 saturated heterocycles. The van der Waals surface area contributed by atoms with E-state index in [4.69, 9.17) is 19.3 Å². The van der Waals surface area contributed by atoms with E-state index >= 15 is 0 Å². The predicted molar refractivity (Wildman–Crippen MR) is 65.6 cm³/mol. The third-order valence-electron chi connectivity index (χ3n) is 2.07. The van der Waals surface area contributed by atoms with E-state index in [0.29, 0.717) is 13.2 Å². The second-order valence-corrected chi connectivity index (χ2v) is 5.19. The fourth-order valence-electron chi connectivity index (χ4n) is 1.08. The lowest BCUT2D eigenvalue weighted by atomic mass is 10.3. The second-order valence-electron chi connectivity index (χ2n) is 3.78. The fourth-order valence-corrected chi connectivity index (χ4v) is 1.46. The van der Waals surface area contributed by atoms with Gasteiger partial charge in [0, 0.05) is 13.2 Å². The maximum absolute atomic E-state index is 10.7. The molecular formula is C10H24NO5P. The summed E-state index contributed by atoms with van der Waals surface area (Å²) in [5.74, 6) is 0. The van der Waals surface area contributed by atoms with Crippen LogP contribution >= 0.6 is 7.75 Å². The highest BCUT2D eigenvalue weighted by Gasteiger charge is 2.16. The fraction of sp³-hybridized carbons (Fsp3) is 1.00. The van der Waals surface area contributed by atoms with Crippen LogP contribution in [0.5, 0.6) is 0 Å². The number of rotatable bonds is 11. The van der Waals surface area contributed by atoms with Gasteiger partial charge in [-0.25, -0.2) is 9.65 Å². The maximum atomic E-state index is 10.7. The van der Waals surface area contributed by atoms with Crippen LogP contribution in [0.25, 0.3) is 0 Å². The number of ether oxygens (including phenoxy) is 2. The molecular weight excluding hydrogens is 245 g/mol. The number of unbranched alkanes of at least 4 members (excludes halogenated alkanes) is 2. The molecule has 0 saturated carbocycles. The van der Waals surface area contributed by atoms with E-state index in [2.05, 4.69) is 5.09 Å². The van der Waals surface area contributed by atoms with Gasteiger partial charge < -0.3 is 19.3 Å². The van der Waals surface area contributed by atoms with Crippen molar-refractivity contribution in [2.75, 3.05) is 19.8 Å². The molecule has 0 aliphatic carbocycles.